The molecule has 3 rings (SSSR count). The van der Waals surface area contributed by atoms with Crippen molar-refractivity contribution in [2.75, 3.05) is 45.8 Å². The lowest BCUT2D eigenvalue weighted by atomic mass is 10.2. The van der Waals surface area contributed by atoms with Gasteiger partial charge < -0.3 is 19.5 Å². The van der Waals surface area contributed by atoms with Crippen molar-refractivity contribution in [3.8, 4) is 11.5 Å². The molecular formula is C19H22N2O6S. The maximum Gasteiger partial charge on any atom is 0.255 e. The van der Waals surface area contributed by atoms with Gasteiger partial charge in [-0.05, 0) is 36.4 Å². The fraction of sp³-hybridized carbons (Fsp3) is 0.316. The van der Waals surface area contributed by atoms with E-state index in [0.29, 0.717) is 49.1 Å². The monoisotopic (exact) mass is 406 g/mol. The maximum absolute atomic E-state index is 12.8. The predicted molar refractivity (Wildman–Crippen MR) is 104 cm³/mol. The first-order valence-corrected chi connectivity index (χ1v) is 10.1. The Hall–Kier alpha value is -2.62. The molecule has 1 aliphatic heterocycles. The third kappa shape index (κ3) is 4.27. The molecule has 0 spiro atoms. The lowest BCUT2D eigenvalue weighted by molar-refractivity contribution is 0.0730. The van der Waals surface area contributed by atoms with Gasteiger partial charge in [0.25, 0.3) is 5.91 Å². The Bertz CT molecular complexity index is 955. The van der Waals surface area contributed by atoms with Crippen LogP contribution in [0.4, 0.5) is 5.69 Å². The highest BCUT2D eigenvalue weighted by atomic mass is 32.2. The van der Waals surface area contributed by atoms with E-state index in [1.807, 2.05) is 0 Å². The number of amides is 1. The Morgan fingerprint density at radius 2 is 1.75 bits per heavy atom. The van der Waals surface area contributed by atoms with Crippen LogP contribution in [0.25, 0.3) is 0 Å². The fourth-order valence-corrected chi connectivity index (χ4v) is 4.31. The number of benzene rings is 2. The molecule has 1 heterocycles. The molecule has 1 saturated heterocycles. The predicted octanol–water partition coefficient (Wildman–Crippen LogP) is 1.98. The molecule has 2 aromatic carbocycles. The number of carbonyl (C=O) groups is 1. The van der Waals surface area contributed by atoms with Crippen LogP contribution >= 0.6 is 0 Å². The summed E-state index contributed by atoms with van der Waals surface area (Å²) >= 11 is 0. The number of anilines is 1. The standard InChI is InChI=1S/C19H22N2O6S/c1-25-17-7-6-14(12-18(17)26-2)19(22)20-15-4-3-5-16(13-15)28(23,24)21-8-10-27-11-9-21/h3-7,12-13H,8-11H2,1-2H3,(H,20,22). The summed E-state index contributed by atoms with van der Waals surface area (Å²) < 4.78 is 42.5. The van der Waals surface area contributed by atoms with Gasteiger partial charge in [0.2, 0.25) is 10.0 Å². The van der Waals surface area contributed by atoms with Crippen molar-refractivity contribution in [1.82, 2.24) is 4.31 Å². The summed E-state index contributed by atoms with van der Waals surface area (Å²) in [6.45, 7) is 1.36. The molecule has 0 unspecified atom stereocenters. The number of nitrogens with zero attached hydrogens (tertiary/aromatic N) is 1. The summed E-state index contributed by atoms with van der Waals surface area (Å²) in [6, 6.07) is 11.0. The number of sulfonamides is 1. The zero-order valence-corrected chi connectivity index (χ0v) is 16.5. The summed E-state index contributed by atoms with van der Waals surface area (Å²) in [6.07, 6.45) is 0. The van der Waals surface area contributed by atoms with Gasteiger partial charge in [-0.1, -0.05) is 6.07 Å². The number of hydrogen-bond donors (Lipinski definition) is 1. The highest BCUT2D eigenvalue weighted by Gasteiger charge is 2.26. The summed E-state index contributed by atoms with van der Waals surface area (Å²) in [4.78, 5) is 12.7. The third-order valence-corrected chi connectivity index (χ3v) is 6.24. The number of ether oxygens (including phenoxy) is 3. The first-order valence-electron chi connectivity index (χ1n) is 8.67. The van der Waals surface area contributed by atoms with Crippen LogP contribution in [0.1, 0.15) is 10.4 Å². The molecule has 150 valence electrons. The molecule has 1 aliphatic rings. The van der Waals surface area contributed by atoms with E-state index in [4.69, 9.17) is 14.2 Å². The smallest absolute Gasteiger partial charge is 0.255 e. The van der Waals surface area contributed by atoms with Crippen LogP contribution < -0.4 is 14.8 Å². The van der Waals surface area contributed by atoms with E-state index in [1.54, 1.807) is 30.3 Å². The van der Waals surface area contributed by atoms with Crippen molar-refractivity contribution in [3.05, 3.63) is 48.0 Å². The van der Waals surface area contributed by atoms with Crippen molar-refractivity contribution < 1.29 is 27.4 Å². The molecule has 0 aliphatic carbocycles. The number of morpholine rings is 1. The van der Waals surface area contributed by atoms with Crippen LogP contribution in [0.15, 0.2) is 47.4 Å². The lowest BCUT2D eigenvalue weighted by Gasteiger charge is -2.26. The Kier molecular flexibility index (Phi) is 6.18. The highest BCUT2D eigenvalue weighted by Crippen LogP contribution is 2.28. The highest BCUT2D eigenvalue weighted by molar-refractivity contribution is 7.89. The van der Waals surface area contributed by atoms with E-state index < -0.39 is 10.0 Å². The fourth-order valence-electron chi connectivity index (χ4n) is 2.85. The van der Waals surface area contributed by atoms with Crippen molar-refractivity contribution in [1.29, 1.82) is 0 Å². The molecule has 0 saturated carbocycles. The minimum atomic E-state index is -3.64. The van der Waals surface area contributed by atoms with Crippen molar-refractivity contribution in [3.63, 3.8) is 0 Å². The summed E-state index contributed by atoms with van der Waals surface area (Å²) in [5.41, 5.74) is 0.744. The minimum Gasteiger partial charge on any atom is -0.493 e. The van der Waals surface area contributed by atoms with E-state index in [-0.39, 0.29) is 10.8 Å². The van der Waals surface area contributed by atoms with Gasteiger partial charge >= 0.3 is 0 Å². The average Bonchev–Trinajstić information content (AvgIpc) is 2.74. The number of nitrogens with one attached hydrogen (secondary N) is 1. The number of carbonyl (C=O) groups excluding carboxylic acids is 1. The van der Waals surface area contributed by atoms with Gasteiger partial charge in [-0.3, -0.25) is 4.79 Å². The first kappa shape index (κ1) is 20.1. The topological polar surface area (TPSA) is 94.2 Å². The SMILES string of the molecule is COc1ccc(C(=O)Nc2cccc(S(=O)(=O)N3CCOCC3)c2)cc1OC. The maximum atomic E-state index is 12.8. The largest absolute Gasteiger partial charge is 0.493 e. The number of methoxy groups -OCH3 is 2. The second-order valence-electron chi connectivity index (χ2n) is 6.07. The van der Waals surface area contributed by atoms with E-state index >= 15 is 0 Å². The van der Waals surface area contributed by atoms with Crippen LogP contribution in [0.5, 0.6) is 11.5 Å². The number of rotatable bonds is 6. The van der Waals surface area contributed by atoms with Gasteiger partial charge in [0.05, 0.1) is 32.3 Å². The Morgan fingerprint density at radius 1 is 1.04 bits per heavy atom. The summed E-state index contributed by atoms with van der Waals surface area (Å²) in [5, 5.41) is 2.72. The summed E-state index contributed by atoms with van der Waals surface area (Å²) in [5.74, 6) is 0.554. The van der Waals surface area contributed by atoms with Crippen molar-refractivity contribution >= 4 is 21.6 Å². The molecule has 2 aromatic rings. The van der Waals surface area contributed by atoms with Gasteiger partial charge in [0.15, 0.2) is 11.5 Å². The molecule has 9 heteroatoms. The Labute approximate surface area is 164 Å². The molecule has 1 amide bonds. The second-order valence-corrected chi connectivity index (χ2v) is 8.01. The van der Waals surface area contributed by atoms with Crippen LogP contribution in [0.2, 0.25) is 0 Å². The molecule has 0 bridgehead atoms. The first-order chi connectivity index (χ1) is 13.5. The molecule has 1 fully saturated rings. The van der Waals surface area contributed by atoms with Gasteiger partial charge in [-0.25, -0.2) is 8.42 Å². The molecule has 0 atom stereocenters. The lowest BCUT2D eigenvalue weighted by Crippen LogP contribution is -2.40. The van der Waals surface area contributed by atoms with Crippen molar-refractivity contribution in [2.24, 2.45) is 0 Å². The number of hydrogen-bond acceptors (Lipinski definition) is 6. The van der Waals surface area contributed by atoms with E-state index in [1.165, 1.54) is 30.7 Å². The summed E-state index contributed by atoms with van der Waals surface area (Å²) in [7, 11) is -0.642. The zero-order valence-electron chi connectivity index (χ0n) is 15.7. The molecule has 28 heavy (non-hydrogen) atoms. The molecule has 1 N–H and O–H groups in total. The Balaban J connectivity index is 1.80. The molecule has 0 radical (unpaired) electrons. The average molecular weight is 406 g/mol. The Morgan fingerprint density at radius 3 is 2.43 bits per heavy atom. The van der Waals surface area contributed by atoms with Crippen molar-refractivity contribution in [2.45, 2.75) is 4.90 Å². The minimum absolute atomic E-state index is 0.125. The van der Waals surface area contributed by atoms with Gasteiger partial charge in [0, 0.05) is 24.3 Å². The van der Waals surface area contributed by atoms with Crippen LogP contribution in [-0.2, 0) is 14.8 Å². The van der Waals surface area contributed by atoms with Crippen LogP contribution in [-0.4, -0.2) is 59.2 Å². The van der Waals surface area contributed by atoms with Gasteiger partial charge in [0.1, 0.15) is 0 Å². The van der Waals surface area contributed by atoms with Crippen LogP contribution in [0.3, 0.4) is 0 Å². The third-order valence-electron chi connectivity index (χ3n) is 4.35. The van der Waals surface area contributed by atoms with Gasteiger partial charge in [-0.15, -0.1) is 0 Å². The van der Waals surface area contributed by atoms with Crippen LogP contribution in [0, 0.1) is 0 Å². The molecule has 0 aromatic heterocycles. The second kappa shape index (κ2) is 8.59. The van der Waals surface area contributed by atoms with E-state index in [9.17, 15) is 13.2 Å². The zero-order chi connectivity index (χ0) is 20.1. The van der Waals surface area contributed by atoms with Gasteiger partial charge in [-0.2, -0.15) is 4.31 Å². The normalized spacial score (nSPS) is 15.1. The molecular weight excluding hydrogens is 384 g/mol. The van der Waals surface area contributed by atoms with E-state index in [2.05, 4.69) is 5.32 Å². The van der Waals surface area contributed by atoms with E-state index in [0.717, 1.165) is 0 Å². The quantitative estimate of drug-likeness (QED) is 0.788. The molecule has 8 nitrogen and oxygen atoms in total.